The summed E-state index contributed by atoms with van der Waals surface area (Å²) in [6.07, 6.45) is 8.58. The van der Waals surface area contributed by atoms with Crippen LogP contribution in [0.15, 0.2) is 67.1 Å². The Morgan fingerprint density at radius 3 is 2.57 bits per heavy atom. The van der Waals surface area contributed by atoms with Crippen molar-refractivity contribution in [3.63, 3.8) is 0 Å². The van der Waals surface area contributed by atoms with E-state index in [2.05, 4.69) is 10.3 Å². The minimum Gasteiger partial charge on any atom is -0.619 e. The molecule has 23 heavy (non-hydrogen) atoms. The van der Waals surface area contributed by atoms with Crippen molar-refractivity contribution in [2.75, 3.05) is 11.1 Å². The van der Waals surface area contributed by atoms with E-state index in [-0.39, 0.29) is 0 Å². The molecule has 2 aromatic heterocycles. The summed E-state index contributed by atoms with van der Waals surface area (Å²) in [4.78, 5) is 4.22. The molecule has 0 saturated heterocycles. The SMILES string of the molecule is Nc1cccnc1Nc1cccc(/C=C/c2cc[n+]([O-])cc2)c1. The van der Waals surface area contributed by atoms with E-state index in [1.54, 1.807) is 30.5 Å². The molecule has 0 atom stereocenters. The van der Waals surface area contributed by atoms with Crippen molar-refractivity contribution in [1.82, 2.24) is 4.98 Å². The Balaban J connectivity index is 1.77. The fourth-order valence-corrected chi connectivity index (χ4v) is 2.11. The Hall–Kier alpha value is -3.34. The summed E-state index contributed by atoms with van der Waals surface area (Å²) < 4.78 is 0.763. The number of hydrogen-bond donors (Lipinski definition) is 2. The molecule has 0 radical (unpaired) electrons. The van der Waals surface area contributed by atoms with Crippen LogP contribution in [0.25, 0.3) is 12.2 Å². The zero-order valence-electron chi connectivity index (χ0n) is 12.4. The third kappa shape index (κ3) is 3.85. The van der Waals surface area contributed by atoms with Crippen LogP contribution < -0.4 is 15.8 Å². The van der Waals surface area contributed by atoms with E-state index in [1.165, 1.54) is 12.4 Å². The molecule has 0 aliphatic carbocycles. The Kier molecular flexibility index (Phi) is 4.20. The molecule has 1 aromatic carbocycles. The lowest BCUT2D eigenvalue weighted by molar-refractivity contribution is -0.605. The van der Waals surface area contributed by atoms with Gasteiger partial charge in [-0.05, 0) is 35.4 Å². The number of pyridine rings is 2. The predicted molar refractivity (Wildman–Crippen MR) is 92.7 cm³/mol. The number of hydrogen-bond acceptors (Lipinski definition) is 4. The molecule has 0 aliphatic rings. The van der Waals surface area contributed by atoms with Crippen LogP contribution in [0, 0.1) is 5.21 Å². The van der Waals surface area contributed by atoms with Crippen LogP contribution >= 0.6 is 0 Å². The van der Waals surface area contributed by atoms with E-state index < -0.39 is 0 Å². The Morgan fingerprint density at radius 1 is 1.00 bits per heavy atom. The van der Waals surface area contributed by atoms with Gasteiger partial charge >= 0.3 is 0 Å². The topological polar surface area (TPSA) is 77.9 Å². The number of nitrogens with one attached hydrogen (secondary N) is 1. The molecule has 0 fully saturated rings. The lowest BCUT2D eigenvalue weighted by atomic mass is 10.1. The van der Waals surface area contributed by atoms with E-state index in [9.17, 15) is 5.21 Å². The molecule has 0 saturated carbocycles. The molecule has 114 valence electrons. The Bertz CT molecular complexity index is 828. The molecule has 5 nitrogen and oxygen atoms in total. The van der Waals surface area contributed by atoms with Gasteiger partial charge in [0.25, 0.3) is 0 Å². The molecule has 0 unspecified atom stereocenters. The first-order valence-electron chi connectivity index (χ1n) is 7.15. The summed E-state index contributed by atoms with van der Waals surface area (Å²) in [6, 6.07) is 15.0. The highest BCUT2D eigenvalue weighted by atomic mass is 16.5. The van der Waals surface area contributed by atoms with Crippen molar-refractivity contribution in [3.8, 4) is 0 Å². The first-order chi connectivity index (χ1) is 11.2. The highest BCUT2D eigenvalue weighted by Crippen LogP contribution is 2.21. The van der Waals surface area contributed by atoms with Gasteiger partial charge in [0.15, 0.2) is 18.2 Å². The first kappa shape index (κ1) is 14.6. The maximum absolute atomic E-state index is 11.0. The summed E-state index contributed by atoms with van der Waals surface area (Å²) in [5.74, 6) is 0.636. The predicted octanol–water partition coefficient (Wildman–Crippen LogP) is 3.21. The van der Waals surface area contributed by atoms with Crippen LogP contribution in [0.1, 0.15) is 11.1 Å². The minimum absolute atomic E-state index is 0.601. The van der Waals surface area contributed by atoms with Gasteiger partial charge in [-0.25, -0.2) is 4.98 Å². The molecular formula is C18H16N4O. The second-order valence-corrected chi connectivity index (χ2v) is 5.02. The summed E-state index contributed by atoms with van der Waals surface area (Å²) in [5, 5.41) is 14.2. The van der Waals surface area contributed by atoms with Crippen molar-refractivity contribution < 1.29 is 4.73 Å². The van der Waals surface area contributed by atoms with Gasteiger partial charge in [-0.2, -0.15) is 4.73 Å². The molecule has 3 aromatic rings. The van der Waals surface area contributed by atoms with Gasteiger partial charge in [0.05, 0.1) is 5.69 Å². The Morgan fingerprint density at radius 2 is 1.78 bits per heavy atom. The minimum atomic E-state index is 0.601. The first-order valence-corrected chi connectivity index (χ1v) is 7.15. The third-order valence-corrected chi connectivity index (χ3v) is 3.28. The molecule has 0 spiro atoms. The van der Waals surface area contributed by atoms with Gasteiger partial charge in [0.1, 0.15) is 0 Å². The maximum Gasteiger partial charge on any atom is 0.180 e. The van der Waals surface area contributed by atoms with Gasteiger partial charge in [0, 0.05) is 24.0 Å². The van der Waals surface area contributed by atoms with E-state index in [0.29, 0.717) is 11.5 Å². The van der Waals surface area contributed by atoms with Gasteiger partial charge in [-0.3, -0.25) is 0 Å². The maximum atomic E-state index is 11.0. The Labute approximate surface area is 134 Å². The quantitative estimate of drug-likeness (QED) is 0.573. The highest BCUT2D eigenvalue weighted by molar-refractivity contribution is 5.73. The zero-order valence-corrected chi connectivity index (χ0v) is 12.4. The third-order valence-electron chi connectivity index (χ3n) is 3.28. The number of aromatic nitrogens is 2. The van der Waals surface area contributed by atoms with Crippen molar-refractivity contribution in [2.45, 2.75) is 0 Å². The largest absolute Gasteiger partial charge is 0.619 e. The molecular weight excluding hydrogens is 288 g/mol. The number of nitrogens with two attached hydrogens (primary N) is 1. The van der Waals surface area contributed by atoms with E-state index in [0.717, 1.165) is 21.5 Å². The fraction of sp³-hybridized carbons (Fsp3) is 0. The van der Waals surface area contributed by atoms with Gasteiger partial charge in [0.2, 0.25) is 0 Å². The van der Waals surface area contributed by atoms with Crippen LogP contribution in [0.5, 0.6) is 0 Å². The number of nitrogens with zero attached hydrogens (tertiary/aromatic N) is 2. The number of benzene rings is 1. The highest BCUT2D eigenvalue weighted by Gasteiger charge is 2.00. The van der Waals surface area contributed by atoms with Gasteiger partial charge in [-0.1, -0.05) is 24.3 Å². The summed E-state index contributed by atoms with van der Waals surface area (Å²) in [6.45, 7) is 0. The molecule has 5 heteroatoms. The lowest BCUT2D eigenvalue weighted by Crippen LogP contribution is -2.23. The van der Waals surface area contributed by atoms with Gasteiger partial charge < -0.3 is 16.3 Å². The molecule has 2 heterocycles. The molecule has 0 amide bonds. The van der Waals surface area contributed by atoms with Gasteiger partial charge in [-0.15, -0.1) is 0 Å². The van der Waals surface area contributed by atoms with E-state index >= 15 is 0 Å². The summed E-state index contributed by atoms with van der Waals surface area (Å²) in [5.41, 5.74) is 9.39. The van der Waals surface area contributed by atoms with Crippen molar-refractivity contribution in [1.29, 1.82) is 0 Å². The van der Waals surface area contributed by atoms with Crippen LogP contribution in [0.2, 0.25) is 0 Å². The summed E-state index contributed by atoms with van der Waals surface area (Å²) >= 11 is 0. The average molecular weight is 304 g/mol. The van der Waals surface area contributed by atoms with E-state index in [4.69, 9.17) is 5.73 Å². The zero-order chi connectivity index (χ0) is 16.1. The average Bonchev–Trinajstić information content (AvgIpc) is 2.57. The number of anilines is 3. The van der Waals surface area contributed by atoms with Crippen molar-refractivity contribution >= 4 is 29.3 Å². The molecule has 3 N–H and O–H groups in total. The van der Waals surface area contributed by atoms with Crippen LogP contribution in [0.3, 0.4) is 0 Å². The lowest BCUT2D eigenvalue weighted by Gasteiger charge is -2.08. The molecule has 0 bridgehead atoms. The monoisotopic (exact) mass is 304 g/mol. The smallest absolute Gasteiger partial charge is 0.180 e. The second kappa shape index (κ2) is 6.62. The standard InChI is InChI=1S/C18H16N4O/c19-17-5-2-10-20-18(17)21-16-4-1-3-15(13-16)7-6-14-8-11-22(23)12-9-14/h1-13H,19H2,(H,20,21)/b7-6+. The normalized spacial score (nSPS) is 10.8. The fourth-order valence-electron chi connectivity index (χ4n) is 2.11. The number of rotatable bonds is 4. The van der Waals surface area contributed by atoms with Crippen molar-refractivity contribution in [2.24, 2.45) is 0 Å². The van der Waals surface area contributed by atoms with Crippen molar-refractivity contribution in [3.05, 3.63) is 83.5 Å². The molecule has 3 rings (SSSR count). The van der Waals surface area contributed by atoms with Crippen LogP contribution in [0.4, 0.5) is 17.2 Å². The van der Waals surface area contributed by atoms with Crippen LogP contribution in [-0.2, 0) is 0 Å². The number of nitrogen functional groups attached to an aromatic ring is 1. The van der Waals surface area contributed by atoms with E-state index in [1.807, 2.05) is 36.4 Å². The second-order valence-electron chi connectivity index (χ2n) is 5.02. The summed E-state index contributed by atoms with van der Waals surface area (Å²) in [7, 11) is 0. The van der Waals surface area contributed by atoms with Crippen LogP contribution in [-0.4, -0.2) is 4.98 Å². The molecule has 0 aliphatic heterocycles.